The lowest BCUT2D eigenvalue weighted by atomic mass is 9.84. The van der Waals surface area contributed by atoms with Gasteiger partial charge in [-0.1, -0.05) is 105 Å². The summed E-state index contributed by atoms with van der Waals surface area (Å²) in [7, 11) is 4.63. The maximum absolute atomic E-state index is 11.5. The van der Waals surface area contributed by atoms with Crippen LogP contribution in [0.3, 0.4) is 0 Å². The van der Waals surface area contributed by atoms with E-state index in [1.165, 1.54) is 77.0 Å². The van der Waals surface area contributed by atoms with Crippen LogP contribution in [0, 0.1) is 5.41 Å². The zero-order valence-corrected chi connectivity index (χ0v) is 32.4. The lowest BCUT2D eigenvalue weighted by Gasteiger charge is -2.44. The monoisotopic (exact) mass is 636 g/mol. The van der Waals surface area contributed by atoms with Crippen LogP contribution in [0.2, 0.25) is 0 Å². The minimum atomic E-state index is -0.318. The molecule has 0 saturated carbocycles. The third-order valence-corrected chi connectivity index (χ3v) is 11.0. The Labute approximate surface area is 284 Å². The predicted molar refractivity (Wildman–Crippen MR) is 202 cm³/mol. The summed E-state index contributed by atoms with van der Waals surface area (Å²) in [6.45, 7) is 34.1. The molecule has 1 atom stereocenters. The Balaban J connectivity index is 5.25. The number of unbranched alkanes of at least 4 members (excludes halogenated alkanes) is 9. The molecule has 0 heterocycles. The second-order valence-electron chi connectivity index (χ2n) is 15.5. The van der Waals surface area contributed by atoms with E-state index in [9.17, 15) is 5.11 Å². The van der Waals surface area contributed by atoms with Crippen LogP contribution in [0.5, 0.6) is 0 Å². The largest absolute Gasteiger partial charge is 0.386 e. The van der Waals surface area contributed by atoms with E-state index in [1.807, 2.05) is 12.2 Å². The lowest BCUT2D eigenvalue weighted by Crippen LogP contribution is -2.55. The molecule has 0 rings (SSSR count). The van der Waals surface area contributed by atoms with E-state index < -0.39 is 0 Å². The Morgan fingerprint density at radius 2 is 1.13 bits per heavy atom. The van der Waals surface area contributed by atoms with Gasteiger partial charge in [0.15, 0.2) is 0 Å². The second kappa shape index (κ2) is 25.3. The molecule has 268 valence electrons. The van der Waals surface area contributed by atoms with Crippen molar-refractivity contribution in [3.8, 4) is 0 Å². The SMILES string of the molecule is C=CCN(CC=C)CCN(CCN(CC(O)C[N+](C)(C)CCCCCCCCCCCC)C(C)(CC)CC)CC(C)(CC)CC. The van der Waals surface area contributed by atoms with Crippen LogP contribution < -0.4 is 0 Å². The Morgan fingerprint density at radius 1 is 0.667 bits per heavy atom. The predicted octanol–water partition coefficient (Wildman–Crippen LogP) is 9.03. The van der Waals surface area contributed by atoms with Crippen molar-refractivity contribution in [1.82, 2.24) is 14.7 Å². The van der Waals surface area contributed by atoms with E-state index in [0.29, 0.717) is 5.41 Å². The number of nitrogens with zero attached hydrogens (tertiary/aromatic N) is 4. The number of hydrogen-bond donors (Lipinski definition) is 1. The molecule has 0 spiro atoms. The van der Waals surface area contributed by atoms with Crippen molar-refractivity contribution in [1.29, 1.82) is 0 Å². The fourth-order valence-electron chi connectivity index (χ4n) is 6.73. The van der Waals surface area contributed by atoms with Crippen molar-refractivity contribution in [2.45, 2.75) is 150 Å². The number of hydrogen-bond acceptors (Lipinski definition) is 4. The van der Waals surface area contributed by atoms with Gasteiger partial charge in [-0.3, -0.25) is 9.80 Å². The molecule has 0 aromatic rings. The van der Waals surface area contributed by atoms with Gasteiger partial charge in [0.05, 0.1) is 20.6 Å². The van der Waals surface area contributed by atoms with Crippen LogP contribution in [-0.2, 0) is 0 Å². The summed E-state index contributed by atoms with van der Waals surface area (Å²) in [5.74, 6) is 0. The van der Waals surface area contributed by atoms with Crippen LogP contribution in [-0.4, -0.2) is 115 Å². The fraction of sp³-hybridized carbons (Fsp3) is 0.900. The van der Waals surface area contributed by atoms with Crippen LogP contribution in [0.25, 0.3) is 0 Å². The molecule has 1 unspecified atom stereocenters. The van der Waals surface area contributed by atoms with Crippen molar-refractivity contribution in [3.05, 3.63) is 25.3 Å². The van der Waals surface area contributed by atoms with Crippen LogP contribution in [0.15, 0.2) is 25.3 Å². The van der Waals surface area contributed by atoms with E-state index in [2.05, 4.69) is 90.4 Å². The van der Waals surface area contributed by atoms with Crippen LogP contribution in [0.1, 0.15) is 138 Å². The zero-order valence-electron chi connectivity index (χ0n) is 32.4. The molecular formula is C40H83N4O+. The molecule has 5 heteroatoms. The van der Waals surface area contributed by atoms with Crippen molar-refractivity contribution in [2.75, 3.05) is 79.5 Å². The second-order valence-corrected chi connectivity index (χ2v) is 15.5. The van der Waals surface area contributed by atoms with E-state index in [-0.39, 0.29) is 11.6 Å². The Bertz CT molecular complexity index is 705. The third-order valence-electron chi connectivity index (χ3n) is 11.0. The number of likely N-dealkylation sites (N-methyl/N-ethyl adjacent to an activating group) is 1. The number of rotatable bonds is 32. The Hall–Kier alpha value is -0.720. The average molecular weight is 636 g/mol. The summed E-state index contributed by atoms with van der Waals surface area (Å²) in [5, 5.41) is 11.5. The van der Waals surface area contributed by atoms with Gasteiger partial charge in [-0.2, -0.15) is 0 Å². The Morgan fingerprint density at radius 3 is 1.60 bits per heavy atom. The highest BCUT2D eigenvalue weighted by Gasteiger charge is 2.32. The normalized spacial score (nSPS) is 13.7. The van der Waals surface area contributed by atoms with Gasteiger partial charge in [-0.05, 0) is 50.9 Å². The molecule has 45 heavy (non-hydrogen) atoms. The first-order valence-corrected chi connectivity index (χ1v) is 19.3. The molecule has 0 aliphatic rings. The minimum Gasteiger partial charge on any atom is -0.386 e. The molecule has 0 amide bonds. The quantitative estimate of drug-likeness (QED) is 0.0454. The summed E-state index contributed by atoms with van der Waals surface area (Å²) in [6.07, 6.45) is 22.0. The number of aliphatic hydroxyl groups excluding tert-OH is 1. The van der Waals surface area contributed by atoms with Gasteiger partial charge in [-0.25, -0.2) is 0 Å². The Kier molecular flexibility index (Phi) is 24.9. The highest BCUT2D eigenvalue weighted by atomic mass is 16.3. The number of β-amino-alcohol motifs (C(OH)–C–C–N with tert-alkyl or cyclic N) is 1. The number of aliphatic hydroxyl groups is 1. The molecule has 0 fully saturated rings. The zero-order chi connectivity index (χ0) is 34.2. The van der Waals surface area contributed by atoms with Gasteiger partial charge in [-0.15, -0.1) is 13.2 Å². The summed E-state index contributed by atoms with van der Waals surface area (Å²) >= 11 is 0. The first-order valence-electron chi connectivity index (χ1n) is 19.3. The summed E-state index contributed by atoms with van der Waals surface area (Å²) in [6, 6.07) is 0. The van der Waals surface area contributed by atoms with Crippen molar-refractivity contribution in [2.24, 2.45) is 5.41 Å². The lowest BCUT2D eigenvalue weighted by molar-refractivity contribution is -0.893. The molecule has 0 aromatic carbocycles. The summed E-state index contributed by atoms with van der Waals surface area (Å²) in [4.78, 5) is 7.76. The smallest absolute Gasteiger partial charge is 0.115 e. The van der Waals surface area contributed by atoms with Gasteiger partial charge >= 0.3 is 0 Å². The molecule has 5 nitrogen and oxygen atoms in total. The number of quaternary nitrogens is 1. The van der Waals surface area contributed by atoms with Crippen LogP contribution in [0.4, 0.5) is 0 Å². The molecule has 0 aliphatic carbocycles. The topological polar surface area (TPSA) is 30.0 Å². The van der Waals surface area contributed by atoms with Gasteiger partial charge in [0, 0.05) is 57.9 Å². The van der Waals surface area contributed by atoms with Gasteiger partial charge in [0.1, 0.15) is 12.6 Å². The van der Waals surface area contributed by atoms with Crippen LogP contribution >= 0.6 is 0 Å². The maximum atomic E-state index is 11.5. The van der Waals surface area contributed by atoms with E-state index in [0.717, 1.165) is 82.8 Å². The molecule has 0 radical (unpaired) electrons. The third kappa shape index (κ3) is 20.3. The van der Waals surface area contributed by atoms with Gasteiger partial charge < -0.3 is 14.5 Å². The fourth-order valence-corrected chi connectivity index (χ4v) is 6.73. The van der Waals surface area contributed by atoms with E-state index in [1.54, 1.807) is 0 Å². The molecule has 1 N–H and O–H groups in total. The highest BCUT2D eigenvalue weighted by Crippen LogP contribution is 2.28. The minimum absolute atomic E-state index is 0.0941. The standard InChI is InChI=1S/C40H83N4O/c1-12-19-20-21-22-23-24-25-26-27-34-44(10,11)36-38(45)35-43(40(9,17-6)18-7)33-32-42(37-39(8,15-4)16-5)31-30-41(28-13-2)29-14-3/h13-14,38,45H,2-3,12,15-37H2,1,4-11H3/q+1. The van der Waals surface area contributed by atoms with Crippen molar-refractivity contribution in [3.63, 3.8) is 0 Å². The first kappa shape index (κ1) is 44.3. The van der Waals surface area contributed by atoms with Gasteiger partial charge in [0.2, 0.25) is 0 Å². The van der Waals surface area contributed by atoms with Gasteiger partial charge in [0.25, 0.3) is 0 Å². The van der Waals surface area contributed by atoms with E-state index >= 15 is 0 Å². The highest BCUT2D eigenvalue weighted by molar-refractivity contribution is 4.87. The molecule has 0 aromatic heterocycles. The molecule has 0 aliphatic heterocycles. The van der Waals surface area contributed by atoms with E-state index in [4.69, 9.17) is 0 Å². The average Bonchev–Trinajstić information content (AvgIpc) is 3.01. The van der Waals surface area contributed by atoms with Crippen molar-refractivity contribution < 1.29 is 9.59 Å². The molecule has 0 saturated heterocycles. The maximum Gasteiger partial charge on any atom is 0.115 e. The summed E-state index contributed by atoms with van der Waals surface area (Å²) in [5.41, 5.74) is 0.415. The molecular weight excluding hydrogens is 552 g/mol. The molecule has 0 bridgehead atoms. The first-order chi connectivity index (χ1) is 21.4. The summed E-state index contributed by atoms with van der Waals surface area (Å²) < 4.78 is 0.904. The van der Waals surface area contributed by atoms with Crippen molar-refractivity contribution >= 4 is 0 Å².